The number of hydrogen-bond acceptors (Lipinski definition) is 3. The van der Waals surface area contributed by atoms with Crippen molar-refractivity contribution in [3.63, 3.8) is 0 Å². The Morgan fingerprint density at radius 2 is 1.87 bits per heavy atom. The van der Waals surface area contributed by atoms with Gasteiger partial charge in [-0.15, -0.1) is 0 Å². The van der Waals surface area contributed by atoms with Crippen LogP contribution in [0.5, 0.6) is 0 Å². The third kappa shape index (κ3) is 5.64. The molecule has 0 saturated heterocycles. The Bertz CT molecular complexity index is 734. The summed E-state index contributed by atoms with van der Waals surface area (Å²) in [6, 6.07) is 15.4. The molecule has 0 radical (unpaired) electrons. The monoisotopic (exact) mass is 413 g/mol. The van der Waals surface area contributed by atoms with Gasteiger partial charge in [-0.25, -0.2) is 13.1 Å². The van der Waals surface area contributed by atoms with Crippen LogP contribution in [0.15, 0.2) is 57.9 Å². The van der Waals surface area contributed by atoms with Gasteiger partial charge in [0.25, 0.3) is 0 Å². The molecule has 2 rings (SSSR count). The lowest BCUT2D eigenvalue weighted by molar-refractivity contribution is 0.583. The van der Waals surface area contributed by atoms with Crippen LogP contribution >= 0.6 is 27.7 Å². The quantitative estimate of drug-likeness (QED) is 0.658. The van der Waals surface area contributed by atoms with Crippen molar-refractivity contribution < 1.29 is 8.42 Å². The number of benzene rings is 2. The highest BCUT2D eigenvalue weighted by molar-refractivity contribution is 9.10. The average Bonchev–Trinajstić information content (AvgIpc) is 2.55. The second-order valence-electron chi connectivity index (χ2n) is 5.04. The number of aryl methyl sites for hydroxylation is 1. The van der Waals surface area contributed by atoms with Crippen LogP contribution < -0.4 is 4.72 Å². The van der Waals surface area contributed by atoms with Gasteiger partial charge in [0, 0.05) is 22.5 Å². The van der Waals surface area contributed by atoms with Crippen molar-refractivity contribution in [3.8, 4) is 0 Å². The van der Waals surface area contributed by atoms with Crippen LogP contribution in [0.4, 0.5) is 0 Å². The highest BCUT2D eigenvalue weighted by Crippen LogP contribution is 2.21. The van der Waals surface area contributed by atoms with E-state index in [-0.39, 0.29) is 0 Å². The van der Waals surface area contributed by atoms with Gasteiger partial charge in [0.1, 0.15) is 0 Å². The smallest absolute Gasteiger partial charge is 0.210 e. The number of halogens is 1. The molecule has 3 nitrogen and oxygen atoms in total. The summed E-state index contributed by atoms with van der Waals surface area (Å²) in [6.45, 7) is 2.38. The molecule has 124 valence electrons. The van der Waals surface area contributed by atoms with Crippen LogP contribution in [0, 0.1) is 0 Å². The molecule has 0 amide bonds. The summed E-state index contributed by atoms with van der Waals surface area (Å²) in [5, 5.41) is 0. The first-order valence-electron chi connectivity index (χ1n) is 7.42. The molecule has 2 aromatic carbocycles. The first kappa shape index (κ1) is 18.5. The zero-order chi connectivity index (χ0) is 16.7. The molecule has 0 aliphatic heterocycles. The van der Waals surface area contributed by atoms with Gasteiger partial charge >= 0.3 is 0 Å². The molecule has 0 atom stereocenters. The summed E-state index contributed by atoms with van der Waals surface area (Å²) >= 11 is 5.10. The third-order valence-electron chi connectivity index (χ3n) is 3.34. The molecular formula is C17H20BrNO2S2. The lowest BCUT2D eigenvalue weighted by atomic mass is 10.2. The van der Waals surface area contributed by atoms with Crippen LogP contribution in [-0.2, 0) is 22.2 Å². The maximum Gasteiger partial charge on any atom is 0.240 e. The minimum atomic E-state index is -3.45. The average molecular weight is 414 g/mol. The Balaban J connectivity index is 1.87. The first-order valence-corrected chi connectivity index (χ1v) is 10.9. The molecule has 0 aliphatic rings. The Morgan fingerprint density at radius 3 is 2.57 bits per heavy atom. The zero-order valence-corrected chi connectivity index (χ0v) is 16.2. The van der Waals surface area contributed by atoms with Crippen LogP contribution in [0.25, 0.3) is 0 Å². The lowest BCUT2D eigenvalue weighted by Gasteiger charge is -2.11. The van der Waals surface area contributed by atoms with Crippen molar-refractivity contribution in [3.05, 3.63) is 64.1 Å². The fourth-order valence-electron chi connectivity index (χ4n) is 2.18. The molecule has 0 aromatic heterocycles. The van der Waals surface area contributed by atoms with E-state index in [0.717, 1.165) is 21.5 Å². The molecule has 6 heteroatoms. The molecule has 23 heavy (non-hydrogen) atoms. The van der Waals surface area contributed by atoms with Crippen LogP contribution in [0.1, 0.15) is 18.1 Å². The first-order chi connectivity index (χ1) is 11.0. The number of rotatable bonds is 8. The fourth-order valence-corrected chi connectivity index (χ4v) is 4.86. The molecule has 0 fully saturated rings. The number of nitrogens with one attached hydrogen (secondary N) is 1. The Labute approximate surface area is 151 Å². The molecule has 0 heterocycles. The van der Waals surface area contributed by atoms with Crippen molar-refractivity contribution >= 4 is 37.7 Å². The van der Waals surface area contributed by atoms with E-state index in [2.05, 4.69) is 32.8 Å². The molecular weight excluding hydrogens is 394 g/mol. The molecule has 0 saturated carbocycles. The summed E-state index contributed by atoms with van der Waals surface area (Å²) in [5.74, 6) is 1.63. The van der Waals surface area contributed by atoms with Gasteiger partial charge in [0.15, 0.2) is 0 Å². The SMILES string of the molecule is CCc1cc(Br)ccc1S(=O)(=O)NCCSCc1ccccc1. The van der Waals surface area contributed by atoms with Crippen LogP contribution in [0.3, 0.4) is 0 Å². The van der Waals surface area contributed by atoms with Crippen molar-refractivity contribution in [1.82, 2.24) is 4.72 Å². The van der Waals surface area contributed by atoms with Crippen molar-refractivity contribution in [1.29, 1.82) is 0 Å². The van der Waals surface area contributed by atoms with Crippen molar-refractivity contribution in [2.45, 2.75) is 24.0 Å². The molecule has 1 N–H and O–H groups in total. The summed E-state index contributed by atoms with van der Waals surface area (Å²) < 4.78 is 28.4. The van der Waals surface area contributed by atoms with Crippen LogP contribution in [-0.4, -0.2) is 20.7 Å². The largest absolute Gasteiger partial charge is 0.240 e. The summed E-state index contributed by atoms with van der Waals surface area (Å²) in [7, 11) is -3.45. The van der Waals surface area contributed by atoms with E-state index in [4.69, 9.17) is 0 Å². The van der Waals surface area contributed by atoms with Gasteiger partial charge in [-0.2, -0.15) is 11.8 Å². The molecule has 0 aliphatic carbocycles. The second-order valence-corrected chi connectivity index (χ2v) is 8.80. The molecule has 0 spiro atoms. The van der Waals surface area contributed by atoms with E-state index in [1.807, 2.05) is 31.2 Å². The highest BCUT2D eigenvalue weighted by atomic mass is 79.9. The highest BCUT2D eigenvalue weighted by Gasteiger charge is 2.17. The van der Waals surface area contributed by atoms with Crippen LogP contribution in [0.2, 0.25) is 0 Å². The summed E-state index contributed by atoms with van der Waals surface area (Å²) in [5.41, 5.74) is 2.07. The minimum Gasteiger partial charge on any atom is -0.210 e. The van der Waals surface area contributed by atoms with E-state index in [0.29, 0.717) is 17.9 Å². The van der Waals surface area contributed by atoms with Crippen molar-refractivity contribution in [2.75, 3.05) is 12.3 Å². The van der Waals surface area contributed by atoms with Gasteiger partial charge in [-0.3, -0.25) is 0 Å². The van der Waals surface area contributed by atoms with E-state index < -0.39 is 10.0 Å². The van der Waals surface area contributed by atoms with E-state index in [9.17, 15) is 8.42 Å². The van der Waals surface area contributed by atoms with Gasteiger partial charge in [0.2, 0.25) is 10.0 Å². The predicted molar refractivity (Wildman–Crippen MR) is 101 cm³/mol. The minimum absolute atomic E-state index is 0.372. The Morgan fingerprint density at radius 1 is 1.13 bits per heavy atom. The van der Waals surface area contributed by atoms with Gasteiger partial charge in [-0.1, -0.05) is 53.2 Å². The third-order valence-corrected chi connectivity index (χ3v) is 6.43. The molecule has 2 aromatic rings. The lowest BCUT2D eigenvalue weighted by Crippen LogP contribution is -2.27. The van der Waals surface area contributed by atoms with Gasteiger partial charge < -0.3 is 0 Å². The Kier molecular flexibility index (Phi) is 7.14. The number of sulfonamides is 1. The van der Waals surface area contributed by atoms with Crippen molar-refractivity contribution in [2.24, 2.45) is 0 Å². The zero-order valence-electron chi connectivity index (χ0n) is 13.0. The van der Waals surface area contributed by atoms with E-state index in [1.54, 1.807) is 23.9 Å². The predicted octanol–water partition coefficient (Wildman–Crippen LogP) is 4.22. The molecule has 0 bridgehead atoms. The number of hydrogen-bond donors (Lipinski definition) is 1. The standard InChI is InChI=1S/C17H20BrNO2S2/c1-2-15-12-16(18)8-9-17(15)23(20,21)19-10-11-22-13-14-6-4-3-5-7-14/h3-9,12,19H,2,10-11,13H2,1H3. The van der Waals surface area contributed by atoms with Gasteiger partial charge in [-0.05, 0) is 35.7 Å². The van der Waals surface area contributed by atoms with Gasteiger partial charge in [0.05, 0.1) is 4.90 Å². The summed E-state index contributed by atoms with van der Waals surface area (Å²) in [4.78, 5) is 0.372. The summed E-state index contributed by atoms with van der Waals surface area (Å²) in [6.07, 6.45) is 0.679. The fraction of sp³-hybridized carbons (Fsp3) is 0.294. The van der Waals surface area contributed by atoms with E-state index >= 15 is 0 Å². The van der Waals surface area contributed by atoms with E-state index in [1.165, 1.54) is 5.56 Å². The maximum atomic E-state index is 12.4. The second kappa shape index (κ2) is 8.87. The molecule has 0 unspecified atom stereocenters. The maximum absolute atomic E-state index is 12.4. The number of thioether (sulfide) groups is 1. The normalized spacial score (nSPS) is 11.6. The Hall–Kier alpha value is -0.820. The topological polar surface area (TPSA) is 46.2 Å².